The van der Waals surface area contributed by atoms with Gasteiger partial charge < -0.3 is 10.0 Å². The van der Waals surface area contributed by atoms with Crippen molar-refractivity contribution in [3.8, 4) is 0 Å². The minimum Gasteiger partial charge on any atom is -0.481 e. The maximum atomic E-state index is 10.5. The summed E-state index contributed by atoms with van der Waals surface area (Å²) in [6.07, 6.45) is 1.90. The van der Waals surface area contributed by atoms with Crippen molar-refractivity contribution < 1.29 is 9.90 Å². The van der Waals surface area contributed by atoms with E-state index in [-0.39, 0.29) is 6.42 Å². The van der Waals surface area contributed by atoms with Crippen LogP contribution in [0.25, 0.3) is 0 Å². The van der Waals surface area contributed by atoms with Gasteiger partial charge in [-0.05, 0) is 17.7 Å². The third-order valence-electron chi connectivity index (χ3n) is 2.14. The molecule has 0 aromatic heterocycles. The number of anilines is 1. The number of benzene rings is 1. The molecule has 1 N–H and O–H groups in total. The Bertz CT molecular complexity index is 343. The molecule has 0 aliphatic carbocycles. The molecule has 0 radical (unpaired) electrons. The average Bonchev–Trinajstić information content (AvgIpc) is 2.18. The third kappa shape index (κ3) is 3.46. The Morgan fingerprint density at radius 2 is 2.07 bits per heavy atom. The molecule has 15 heavy (non-hydrogen) atoms. The van der Waals surface area contributed by atoms with Crippen LogP contribution in [-0.2, 0) is 11.2 Å². The smallest absolute Gasteiger partial charge is 0.307 e. The second-order valence-electron chi connectivity index (χ2n) is 3.41. The van der Waals surface area contributed by atoms with E-state index in [1.54, 1.807) is 0 Å². The molecule has 3 nitrogen and oxygen atoms in total. The highest BCUT2D eigenvalue weighted by atomic mass is 16.4. The molecule has 0 amide bonds. The lowest BCUT2D eigenvalue weighted by atomic mass is 10.1. The summed E-state index contributed by atoms with van der Waals surface area (Å²) in [5, 5.41) is 8.61. The highest BCUT2D eigenvalue weighted by Gasteiger charge is 2.01. The Hall–Kier alpha value is -1.77. The number of nitrogens with zero attached hydrogens (tertiary/aromatic N) is 1. The molecule has 0 unspecified atom stereocenters. The van der Waals surface area contributed by atoms with E-state index >= 15 is 0 Å². The minimum atomic E-state index is -0.804. The van der Waals surface area contributed by atoms with Crippen LogP contribution in [0, 0.1) is 0 Å². The molecule has 0 heterocycles. The van der Waals surface area contributed by atoms with Gasteiger partial charge in [0, 0.05) is 19.3 Å². The van der Waals surface area contributed by atoms with Crippen LogP contribution >= 0.6 is 0 Å². The number of carboxylic acids is 1. The Morgan fingerprint density at radius 3 is 2.53 bits per heavy atom. The zero-order valence-electron chi connectivity index (χ0n) is 8.81. The van der Waals surface area contributed by atoms with Gasteiger partial charge in [-0.3, -0.25) is 4.79 Å². The van der Waals surface area contributed by atoms with Crippen molar-refractivity contribution in [2.75, 3.05) is 18.5 Å². The summed E-state index contributed by atoms with van der Waals surface area (Å²) >= 11 is 0. The van der Waals surface area contributed by atoms with Crippen LogP contribution < -0.4 is 4.90 Å². The fourth-order valence-electron chi connectivity index (χ4n) is 1.34. The molecular formula is C12H15NO2. The summed E-state index contributed by atoms with van der Waals surface area (Å²) in [5.74, 6) is -0.804. The lowest BCUT2D eigenvalue weighted by molar-refractivity contribution is -0.136. The van der Waals surface area contributed by atoms with E-state index in [9.17, 15) is 4.79 Å². The first-order valence-electron chi connectivity index (χ1n) is 4.76. The Labute approximate surface area is 89.6 Å². The van der Waals surface area contributed by atoms with E-state index < -0.39 is 5.97 Å². The van der Waals surface area contributed by atoms with Gasteiger partial charge in [0.15, 0.2) is 0 Å². The highest BCUT2D eigenvalue weighted by molar-refractivity contribution is 5.70. The Morgan fingerprint density at radius 1 is 1.47 bits per heavy atom. The number of likely N-dealkylation sites (N-methyl/N-ethyl adjacent to an activating group) is 1. The van der Waals surface area contributed by atoms with Gasteiger partial charge in [0.1, 0.15) is 0 Å². The summed E-state index contributed by atoms with van der Waals surface area (Å²) in [6.45, 7) is 4.44. The second kappa shape index (κ2) is 5.20. The maximum absolute atomic E-state index is 10.5. The zero-order chi connectivity index (χ0) is 11.3. The van der Waals surface area contributed by atoms with Crippen molar-refractivity contribution >= 4 is 11.7 Å². The molecule has 0 aliphatic heterocycles. The number of carboxylic acid groups (broad SMARTS) is 1. The zero-order valence-corrected chi connectivity index (χ0v) is 8.81. The molecule has 1 aromatic carbocycles. The van der Waals surface area contributed by atoms with Gasteiger partial charge in [-0.25, -0.2) is 0 Å². The van der Waals surface area contributed by atoms with Crippen molar-refractivity contribution in [2.24, 2.45) is 0 Å². The number of hydrogen-bond donors (Lipinski definition) is 1. The van der Waals surface area contributed by atoms with Crippen LogP contribution in [0.1, 0.15) is 5.56 Å². The van der Waals surface area contributed by atoms with Gasteiger partial charge in [0.25, 0.3) is 0 Å². The minimum absolute atomic E-state index is 0.0749. The number of carbonyl (C=O) groups is 1. The van der Waals surface area contributed by atoms with Crippen molar-refractivity contribution in [1.29, 1.82) is 0 Å². The predicted octanol–water partition coefficient (Wildman–Crippen LogP) is 1.94. The van der Waals surface area contributed by atoms with Gasteiger partial charge in [0.2, 0.25) is 0 Å². The summed E-state index contributed by atoms with van der Waals surface area (Å²) in [5.41, 5.74) is 1.88. The Balaban J connectivity index is 2.71. The van der Waals surface area contributed by atoms with E-state index in [2.05, 4.69) is 6.58 Å². The summed E-state index contributed by atoms with van der Waals surface area (Å²) < 4.78 is 0. The fourth-order valence-corrected chi connectivity index (χ4v) is 1.34. The number of aliphatic carboxylic acids is 1. The van der Waals surface area contributed by atoms with Gasteiger partial charge in [0.05, 0.1) is 6.42 Å². The van der Waals surface area contributed by atoms with Crippen LogP contribution in [0.4, 0.5) is 5.69 Å². The second-order valence-corrected chi connectivity index (χ2v) is 3.41. The first-order valence-corrected chi connectivity index (χ1v) is 4.76. The molecule has 1 rings (SSSR count). The third-order valence-corrected chi connectivity index (χ3v) is 2.14. The van der Waals surface area contributed by atoms with E-state index in [1.807, 2.05) is 42.3 Å². The molecular weight excluding hydrogens is 190 g/mol. The van der Waals surface area contributed by atoms with Crippen LogP contribution in [0.3, 0.4) is 0 Å². The number of rotatable bonds is 5. The van der Waals surface area contributed by atoms with Gasteiger partial charge in [-0.15, -0.1) is 6.58 Å². The van der Waals surface area contributed by atoms with Gasteiger partial charge in [-0.2, -0.15) is 0 Å². The molecule has 0 aliphatic rings. The predicted molar refractivity (Wildman–Crippen MR) is 61.2 cm³/mol. The van der Waals surface area contributed by atoms with Gasteiger partial charge in [-0.1, -0.05) is 18.2 Å². The molecule has 0 bridgehead atoms. The van der Waals surface area contributed by atoms with Crippen molar-refractivity contribution in [1.82, 2.24) is 0 Å². The summed E-state index contributed by atoms with van der Waals surface area (Å²) in [6, 6.07) is 7.51. The first kappa shape index (κ1) is 11.3. The molecule has 0 saturated carbocycles. The molecule has 3 heteroatoms. The molecule has 0 fully saturated rings. The van der Waals surface area contributed by atoms with Crippen LogP contribution in [0.5, 0.6) is 0 Å². The topological polar surface area (TPSA) is 40.5 Å². The van der Waals surface area contributed by atoms with Crippen molar-refractivity contribution in [3.63, 3.8) is 0 Å². The van der Waals surface area contributed by atoms with Crippen molar-refractivity contribution in [2.45, 2.75) is 6.42 Å². The molecule has 1 aromatic rings. The van der Waals surface area contributed by atoms with Crippen LogP contribution in [-0.4, -0.2) is 24.7 Å². The lowest BCUT2D eigenvalue weighted by Crippen LogP contribution is -2.16. The van der Waals surface area contributed by atoms with Crippen LogP contribution in [0.15, 0.2) is 36.9 Å². The standard InChI is InChI=1S/C12H15NO2/c1-3-8-13(2)11-6-4-10(5-7-11)9-12(14)15/h3-7H,1,8-9H2,2H3,(H,14,15). The van der Waals surface area contributed by atoms with E-state index in [4.69, 9.17) is 5.11 Å². The summed E-state index contributed by atoms with van der Waals surface area (Å²) in [4.78, 5) is 12.5. The monoisotopic (exact) mass is 205 g/mol. The van der Waals surface area contributed by atoms with Crippen molar-refractivity contribution in [3.05, 3.63) is 42.5 Å². The number of hydrogen-bond acceptors (Lipinski definition) is 2. The normalized spacial score (nSPS) is 9.67. The molecule has 80 valence electrons. The first-order chi connectivity index (χ1) is 7.13. The lowest BCUT2D eigenvalue weighted by Gasteiger charge is -2.17. The SMILES string of the molecule is C=CCN(C)c1ccc(CC(=O)O)cc1. The van der Waals surface area contributed by atoms with E-state index in [0.29, 0.717) is 0 Å². The van der Waals surface area contributed by atoms with Gasteiger partial charge >= 0.3 is 5.97 Å². The molecule has 0 atom stereocenters. The Kier molecular flexibility index (Phi) is 3.92. The van der Waals surface area contributed by atoms with Crippen LogP contribution in [0.2, 0.25) is 0 Å². The molecule has 0 spiro atoms. The fraction of sp³-hybridized carbons (Fsp3) is 0.250. The van der Waals surface area contributed by atoms with E-state index in [1.165, 1.54) is 0 Å². The quantitative estimate of drug-likeness (QED) is 0.747. The largest absolute Gasteiger partial charge is 0.481 e. The maximum Gasteiger partial charge on any atom is 0.307 e. The van der Waals surface area contributed by atoms with E-state index in [0.717, 1.165) is 17.8 Å². The summed E-state index contributed by atoms with van der Waals surface area (Å²) in [7, 11) is 1.97. The highest BCUT2D eigenvalue weighted by Crippen LogP contribution is 2.13. The average molecular weight is 205 g/mol. The molecule has 0 saturated heterocycles.